The summed E-state index contributed by atoms with van der Waals surface area (Å²) in [7, 11) is 0. The van der Waals surface area contributed by atoms with Gasteiger partial charge in [0.15, 0.2) is 6.29 Å². The standard InChI is InChI=1S/C72H135NO10/c1-3-5-7-9-11-13-15-17-19-21-23-25-27-29-31-32-33-34-36-38-40-42-44-46-48-50-52-54-56-58-60-65(76)71(81)73-63(62-82-72-70(80)69(79)68(78)66(61-74)83-72)67(77)64(75)59-57-55-53-51-49-47-45-43-41-39-37-35-30-28-26-24-22-20-18-16-14-12-10-8-6-4-2/h23,25,29,31,43,45,51,53,63-70,72,74-80H,3-22,24,26-28,30,32-42,44,46-50,52,54-62H2,1-2H3,(H,73,81)/b25-23-,31-29-,45-43+,53-51+. The lowest BCUT2D eigenvalue weighted by atomic mass is 9.98. The second-order valence-electron chi connectivity index (χ2n) is 24.9. The van der Waals surface area contributed by atoms with Crippen molar-refractivity contribution in [3.05, 3.63) is 48.6 Å². The van der Waals surface area contributed by atoms with E-state index in [1.165, 1.54) is 244 Å². The van der Waals surface area contributed by atoms with Crippen LogP contribution in [0.4, 0.5) is 0 Å². The maximum atomic E-state index is 13.3. The molecule has 0 saturated carbocycles. The highest BCUT2D eigenvalue weighted by molar-refractivity contribution is 5.80. The summed E-state index contributed by atoms with van der Waals surface area (Å²) >= 11 is 0. The third kappa shape index (κ3) is 47.8. The largest absolute Gasteiger partial charge is 0.394 e. The van der Waals surface area contributed by atoms with Crippen LogP contribution in [-0.4, -0.2) is 110 Å². The van der Waals surface area contributed by atoms with Gasteiger partial charge in [0.25, 0.3) is 0 Å². The normalized spacial score (nSPS) is 19.3. The van der Waals surface area contributed by atoms with Crippen LogP contribution in [0.25, 0.3) is 0 Å². The molecule has 0 aromatic rings. The number of hydrogen-bond acceptors (Lipinski definition) is 10. The van der Waals surface area contributed by atoms with Gasteiger partial charge in [-0.2, -0.15) is 0 Å². The number of ether oxygens (including phenoxy) is 2. The van der Waals surface area contributed by atoms with Gasteiger partial charge < -0.3 is 50.5 Å². The van der Waals surface area contributed by atoms with E-state index in [1.807, 2.05) is 0 Å². The molecule has 1 aliphatic heterocycles. The number of allylic oxidation sites excluding steroid dienone is 8. The lowest BCUT2D eigenvalue weighted by Gasteiger charge is -2.40. The van der Waals surface area contributed by atoms with E-state index in [1.54, 1.807) is 0 Å². The first kappa shape index (κ1) is 79.1. The third-order valence-corrected chi connectivity index (χ3v) is 17.1. The van der Waals surface area contributed by atoms with Crippen molar-refractivity contribution in [2.24, 2.45) is 0 Å². The summed E-state index contributed by atoms with van der Waals surface area (Å²) in [6, 6.07) is -1.19. The molecule has 11 heteroatoms. The fourth-order valence-corrected chi connectivity index (χ4v) is 11.4. The second kappa shape index (κ2) is 60.4. The number of carbonyl (C=O) groups excluding carboxylic acids is 1. The zero-order valence-corrected chi connectivity index (χ0v) is 53.9. The van der Waals surface area contributed by atoms with Gasteiger partial charge in [-0.15, -0.1) is 0 Å². The van der Waals surface area contributed by atoms with E-state index >= 15 is 0 Å². The van der Waals surface area contributed by atoms with Gasteiger partial charge in [0, 0.05) is 0 Å². The van der Waals surface area contributed by atoms with Crippen molar-refractivity contribution in [3.63, 3.8) is 0 Å². The molecule has 488 valence electrons. The number of carbonyl (C=O) groups is 1. The molecule has 0 spiro atoms. The van der Waals surface area contributed by atoms with Gasteiger partial charge in [-0.3, -0.25) is 4.79 Å². The van der Waals surface area contributed by atoms with Crippen LogP contribution in [0, 0.1) is 0 Å². The molecule has 1 aliphatic rings. The molecule has 1 amide bonds. The zero-order chi connectivity index (χ0) is 60.3. The number of rotatable bonds is 62. The molecule has 9 unspecified atom stereocenters. The molecule has 0 radical (unpaired) electrons. The van der Waals surface area contributed by atoms with Crippen molar-refractivity contribution in [2.75, 3.05) is 13.2 Å². The quantitative estimate of drug-likeness (QED) is 0.0215. The Kier molecular flexibility index (Phi) is 57.5. The highest BCUT2D eigenvalue weighted by Gasteiger charge is 2.44. The van der Waals surface area contributed by atoms with E-state index < -0.39 is 74.2 Å². The summed E-state index contributed by atoms with van der Waals surface area (Å²) in [5.41, 5.74) is 0. The van der Waals surface area contributed by atoms with Gasteiger partial charge in [0.1, 0.15) is 36.6 Å². The minimum Gasteiger partial charge on any atom is -0.394 e. The van der Waals surface area contributed by atoms with E-state index in [0.717, 1.165) is 44.9 Å². The topological polar surface area (TPSA) is 189 Å². The number of aliphatic hydroxyl groups excluding tert-OH is 7. The molecule has 0 aromatic carbocycles. The molecule has 1 fully saturated rings. The highest BCUT2D eigenvalue weighted by Crippen LogP contribution is 2.24. The van der Waals surface area contributed by atoms with Crippen molar-refractivity contribution in [1.82, 2.24) is 5.32 Å². The number of aliphatic hydroxyl groups is 7. The molecule has 1 heterocycles. The average Bonchev–Trinajstić information content (AvgIpc) is 3.68. The number of unbranched alkanes of at least 4 members (excludes halogenated alkanes) is 42. The fraction of sp³-hybridized carbons (Fsp3) is 0.875. The van der Waals surface area contributed by atoms with Crippen LogP contribution in [0.5, 0.6) is 0 Å². The Balaban J connectivity index is 2.23. The molecule has 0 bridgehead atoms. The number of amides is 1. The summed E-state index contributed by atoms with van der Waals surface area (Å²) in [6.45, 7) is 3.48. The minimum atomic E-state index is -1.67. The summed E-state index contributed by atoms with van der Waals surface area (Å²) in [5, 5.41) is 76.5. The summed E-state index contributed by atoms with van der Waals surface area (Å²) < 4.78 is 11.2. The third-order valence-electron chi connectivity index (χ3n) is 17.1. The molecular weight excluding hydrogens is 1040 g/mol. The first-order valence-electron chi connectivity index (χ1n) is 35.5. The molecule has 1 rings (SSSR count). The average molecular weight is 1170 g/mol. The van der Waals surface area contributed by atoms with Crippen molar-refractivity contribution in [3.8, 4) is 0 Å². The van der Waals surface area contributed by atoms with Gasteiger partial charge in [0.2, 0.25) is 5.91 Å². The van der Waals surface area contributed by atoms with E-state index in [-0.39, 0.29) is 12.8 Å². The monoisotopic (exact) mass is 1170 g/mol. The maximum absolute atomic E-state index is 13.3. The Morgan fingerprint density at radius 1 is 0.422 bits per heavy atom. The second-order valence-corrected chi connectivity index (χ2v) is 24.9. The van der Waals surface area contributed by atoms with Crippen LogP contribution in [0.1, 0.15) is 335 Å². The molecule has 9 atom stereocenters. The van der Waals surface area contributed by atoms with Crippen molar-refractivity contribution >= 4 is 5.91 Å². The molecule has 1 saturated heterocycles. The Morgan fingerprint density at radius 2 is 0.759 bits per heavy atom. The smallest absolute Gasteiger partial charge is 0.249 e. The molecule has 8 N–H and O–H groups in total. The van der Waals surface area contributed by atoms with Gasteiger partial charge in [0.05, 0.1) is 25.4 Å². The molecule has 0 aliphatic carbocycles. The first-order valence-corrected chi connectivity index (χ1v) is 35.5. The van der Waals surface area contributed by atoms with Crippen LogP contribution < -0.4 is 5.32 Å². The predicted molar refractivity (Wildman–Crippen MR) is 348 cm³/mol. The Bertz CT molecular complexity index is 1490. The van der Waals surface area contributed by atoms with Crippen molar-refractivity contribution < 1.29 is 50.0 Å². The Labute approximate surface area is 510 Å². The van der Waals surface area contributed by atoms with Crippen LogP contribution in [0.15, 0.2) is 48.6 Å². The fourth-order valence-electron chi connectivity index (χ4n) is 11.4. The van der Waals surface area contributed by atoms with Crippen LogP contribution in [-0.2, 0) is 14.3 Å². The van der Waals surface area contributed by atoms with Crippen molar-refractivity contribution in [1.29, 1.82) is 0 Å². The first-order chi connectivity index (χ1) is 40.7. The van der Waals surface area contributed by atoms with Crippen LogP contribution in [0.3, 0.4) is 0 Å². The lowest BCUT2D eigenvalue weighted by Crippen LogP contribution is -2.60. The minimum absolute atomic E-state index is 0.246. The predicted octanol–water partition coefficient (Wildman–Crippen LogP) is 17.1. The molecular formula is C72H135NO10. The van der Waals surface area contributed by atoms with Crippen LogP contribution >= 0.6 is 0 Å². The Hall–Kier alpha value is -1.93. The van der Waals surface area contributed by atoms with E-state index in [4.69, 9.17) is 9.47 Å². The Morgan fingerprint density at radius 3 is 1.14 bits per heavy atom. The summed E-state index contributed by atoms with van der Waals surface area (Å²) in [5.74, 6) is -0.707. The van der Waals surface area contributed by atoms with Gasteiger partial charge in [-0.1, -0.05) is 300 Å². The van der Waals surface area contributed by atoms with Gasteiger partial charge >= 0.3 is 0 Å². The highest BCUT2D eigenvalue weighted by atomic mass is 16.7. The molecule has 0 aromatic heterocycles. The molecule has 11 nitrogen and oxygen atoms in total. The SMILES string of the molecule is CCCCCCCCCCC/C=C\C/C=C\CCCCCCCCCCCCCCCCC(O)C(=O)NC(COC1OC(CO)C(O)C(O)C1O)C(O)C(O)CCC/C=C/CC/C=C/CCCCCCCCCCCCCCCCCCC. The number of nitrogens with one attached hydrogen (secondary N) is 1. The summed E-state index contributed by atoms with van der Waals surface area (Å²) in [4.78, 5) is 13.3. The number of hydrogen-bond donors (Lipinski definition) is 8. The van der Waals surface area contributed by atoms with E-state index in [2.05, 4.69) is 67.8 Å². The van der Waals surface area contributed by atoms with Crippen LogP contribution in [0.2, 0.25) is 0 Å². The summed E-state index contributed by atoms with van der Waals surface area (Å²) in [6.07, 6.45) is 67.7. The van der Waals surface area contributed by atoms with E-state index in [9.17, 15) is 40.5 Å². The van der Waals surface area contributed by atoms with Gasteiger partial charge in [-0.25, -0.2) is 0 Å². The van der Waals surface area contributed by atoms with Gasteiger partial charge in [-0.05, 0) is 83.5 Å². The van der Waals surface area contributed by atoms with Crippen molar-refractivity contribution in [2.45, 2.75) is 390 Å². The zero-order valence-electron chi connectivity index (χ0n) is 53.9. The lowest BCUT2D eigenvalue weighted by molar-refractivity contribution is -0.303. The van der Waals surface area contributed by atoms with E-state index in [0.29, 0.717) is 19.3 Å². The maximum Gasteiger partial charge on any atom is 0.249 e. The molecule has 83 heavy (non-hydrogen) atoms.